The molecule has 6 rings (SSSR count). The topological polar surface area (TPSA) is 86.1 Å². The second-order valence-corrected chi connectivity index (χ2v) is 11.3. The fourth-order valence-corrected chi connectivity index (χ4v) is 8.99. The first-order chi connectivity index (χ1) is 15.3. The summed E-state index contributed by atoms with van der Waals surface area (Å²) < 4.78 is 17.3. The van der Waals surface area contributed by atoms with Crippen LogP contribution in [0.5, 0.6) is 0 Å². The number of carbonyl (C=O) groups is 2. The standard InChI is InChI=1S/C26H32O6/c1-15(28)31-18-7-10-25(14-27)17(11-18)4-5-20-19(25)8-9-24(2)21(12-22-26(20,24)32-22)16-3-6-23(29)30-13-16/h3,6,13-14,17-22H,4-5,7-12H2,1-2H3/t17-,18+,19+,20-,21-,22-,24-,25-,26-/m1/s1. The van der Waals surface area contributed by atoms with Crippen LogP contribution < -0.4 is 5.63 Å². The van der Waals surface area contributed by atoms with Gasteiger partial charge in [0.1, 0.15) is 18.0 Å². The van der Waals surface area contributed by atoms with E-state index >= 15 is 0 Å². The molecule has 0 aromatic carbocycles. The fraction of sp³-hybridized carbons (Fsp3) is 0.731. The zero-order valence-electron chi connectivity index (χ0n) is 18.9. The van der Waals surface area contributed by atoms with E-state index in [4.69, 9.17) is 13.9 Å². The van der Waals surface area contributed by atoms with Crippen molar-refractivity contribution < 1.29 is 23.5 Å². The van der Waals surface area contributed by atoms with Crippen LogP contribution in [0.4, 0.5) is 0 Å². The molecule has 172 valence electrons. The largest absolute Gasteiger partial charge is 0.463 e. The van der Waals surface area contributed by atoms with E-state index in [9.17, 15) is 14.4 Å². The van der Waals surface area contributed by atoms with Crippen molar-refractivity contribution in [3.63, 3.8) is 0 Å². The molecule has 9 atom stereocenters. The molecule has 0 N–H and O–H groups in total. The Balaban J connectivity index is 1.31. The van der Waals surface area contributed by atoms with Crippen molar-refractivity contribution in [2.45, 2.75) is 88.9 Å². The molecule has 32 heavy (non-hydrogen) atoms. The van der Waals surface area contributed by atoms with E-state index in [2.05, 4.69) is 6.92 Å². The van der Waals surface area contributed by atoms with Crippen LogP contribution in [0.25, 0.3) is 0 Å². The molecule has 1 aromatic rings. The average Bonchev–Trinajstić information content (AvgIpc) is 3.43. The molecule has 5 fully saturated rings. The van der Waals surface area contributed by atoms with Crippen molar-refractivity contribution in [3.8, 4) is 0 Å². The number of carbonyl (C=O) groups excluding carboxylic acids is 2. The summed E-state index contributed by atoms with van der Waals surface area (Å²) in [5, 5.41) is 0. The maximum Gasteiger partial charge on any atom is 0.335 e. The number of epoxide rings is 1. The summed E-state index contributed by atoms with van der Waals surface area (Å²) in [5.41, 5.74) is 0.299. The van der Waals surface area contributed by atoms with Crippen LogP contribution in [-0.4, -0.2) is 30.1 Å². The highest BCUT2D eigenvalue weighted by Gasteiger charge is 2.80. The molecule has 0 unspecified atom stereocenters. The first kappa shape index (κ1) is 20.6. The Morgan fingerprint density at radius 1 is 1.12 bits per heavy atom. The maximum atomic E-state index is 12.7. The summed E-state index contributed by atoms with van der Waals surface area (Å²) in [7, 11) is 0. The minimum Gasteiger partial charge on any atom is -0.463 e. The van der Waals surface area contributed by atoms with Gasteiger partial charge in [0.05, 0.1) is 12.4 Å². The molecule has 4 saturated carbocycles. The van der Waals surface area contributed by atoms with Crippen LogP contribution in [0.15, 0.2) is 27.6 Å². The highest BCUT2D eigenvalue weighted by atomic mass is 16.6. The summed E-state index contributed by atoms with van der Waals surface area (Å²) in [6.45, 7) is 3.84. The summed E-state index contributed by atoms with van der Waals surface area (Å²) in [6, 6.07) is 3.45. The van der Waals surface area contributed by atoms with Gasteiger partial charge in [0.15, 0.2) is 0 Å². The van der Waals surface area contributed by atoms with Crippen molar-refractivity contribution in [3.05, 3.63) is 34.4 Å². The van der Waals surface area contributed by atoms with Gasteiger partial charge in [-0.15, -0.1) is 0 Å². The first-order valence-electron chi connectivity index (χ1n) is 12.2. The predicted molar refractivity (Wildman–Crippen MR) is 115 cm³/mol. The Morgan fingerprint density at radius 2 is 1.97 bits per heavy atom. The third kappa shape index (κ3) is 2.53. The highest BCUT2D eigenvalue weighted by molar-refractivity contribution is 5.66. The first-order valence-corrected chi connectivity index (χ1v) is 12.2. The summed E-state index contributed by atoms with van der Waals surface area (Å²) in [5.74, 6) is 1.10. The van der Waals surface area contributed by atoms with Gasteiger partial charge in [-0.25, -0.2) is 4.79 Å². The molecule has 4 aliphatic carbocycles. The molecule has 0 bridgehead atoms. The molecule has 6 nitrogen and oxygen atoms in total. The van der Waals surface area contributed by atoms with E-state index in [0.717, 1.165) is 56.9 Å². The molecule has 1 spiro atoms. The summed E-state index contributed by atoms with van der Waals surface area (Å²) in [6.07, 6.45) is 10.6. The second kappa shape index (κ2) is 6.78. The number of aldehydes is 1. The monoisotopic (exact) mass is 440 g/mol. The van der Waals surface area contributed by atoms with Crippen LogP contribution in [-0.2, 0) is 19.1 Å². The molecule has 5 aliphatic rings. The van der Waals surface area contributed by atoms with Crippen LogP contribution in [0.3, 0.4) is 0 Å². The Hall–Kier alpha value is -1.95. The Labute approximate surface area is 188 Å². The van der Waals surface area contributed by atoms with Gasteiger partial charge in [0, 0.05) is 23.8 Å². The number of esters is 1. The molecule has 6 heteroatoms. The van der Waals surface area contributed by atoms with Crippen molar-refractivity contribution >= 4 is 12.3 Å². The maximum absolute atomic E-state index is 12.7. The third-order valence-electron chi connectivity index (χ3n) is 10.3. The van der Waals surface area contributed by atoms with Gasteiger partial charge in [0.25, 0.3) is 0 Å². The number of hydrogen-bond acceptors (Lipinski definition) is 6. The van der Waals surface area contributed by atoms with Crippen molar-refractivity contribution in [1.29, 1.82) is 0 Å². The van der Waals surface area contributed by atoms with Crippen LogP contribution in [0.2, 0.25) is 0 Å². The van der Waals surface area contributed by atoms with Gasteiger partial charge >= 0.3 is 11.6 Å². The minimum absolute atomic E-state index is 0.00932. The highest BCUT2D eigenvalue weighted by Crippen LogP contribution is 2.77. The molecule has 0 radical (unpaired) electrons. The lowest BCUT2D eigenvalue weighted by atomic mass is 9.44. The van der Waals surface area contributed by atoms with Gasteiger partial charge in [-0.1, -0.05) is 6.92 Å². The van der Waals surface area contributed by atoms with Crippen molar-refractivity contribution in [2.75, 3.05) is 0 Å². The fourth-order valence-electron chi connectivity index (χ4n) is 8.99. The number of fused-ring (bicyclic) bond motifs is 3. The smallest absolute Gasteiger partial charge is 0.335 e. The molecule has 1 aromatic heterocycles. The molecule has 1 saturated heterocycles. The van der Waals surface area contributed by atoms with E-state index < -0.39 is 0 Å². The minimum atomic E-state index is -0.316. The summed E-state index contributed by atoms with van der Waals surface area (Å²) in [4.78, 5) is 35.7. The van der Waals surface area contributed by atoms with Crippen LogP contribution in [0.1, 0.15) is 76.7 Å². The van der Waals surface area contributed by atoms with Crippen LogP contribution >= 0.6 is 0 Å². The third-order valence-corrected chi connectivity index (χ3v) is 10.3. The van der Waals surface area contributed by atoms with E-state index in [0.29, 0.717) is 17.8 Å². The van der Waals surface area contributed by atoms with Gasteiger partial charge < -0.3 is 18.7 Å². The predicted octanol–water partition coefficient (Wildman–Crippen LogP) is 4.01. The average molecular weight is 441 g/mol. The SMILES string of the molecule is CC(=O)O[C@H]1CC[C@@]2(C=O)[C@H](CC[C@@H]3[C@@H]2CC[C@]2(C)[C@@H](c4ccc(=O)oc4)C[C@H]4O[C@]342)C1. The quantitative estimate of drug-likeness (QED) is 0.401. The van der Waals surface area contributed by atoms with Gasteiger partial charge in [-0.2, -0.15) is 0 Å². The lowest BCUT2D eigenvalue weighted by molar-refractivity contribution is -0.167. The number of rotatable bonds is 3. The zero-order valence-corrected chi connectivity index (χ0v) is 18.9. The lowest BCUT2D eigenvalue weighted by Gasteiger charge is -2.60. The molecule has 2 heterocycles. The zero-order chi connectivity index (χ0) is 22.3. The Bertz CT molecular complexity index is 995. The Kier molecular flexibility index (Phi) is 4.38. The Morgan fingerprint density at radius 3 is 2.69 bits per heavy atom. The molecular weight excluding hydrogens is 408 g/mol. The summed E-state index contributed by atoms with van der Waals surface area (Å²) >= 11 is 0. The number of hydrogen-bond donors (Lipinski definition) is 0. The van der Waals surface area contributed by atoms with E-state index in [1.54, 1.807) is 6.26 Å². The van der Waals surface area contributed by atoms with Gasteiger partial charge in [0.2, 0.25) is 0 Å². The van der Waals surface area contributed by atoms with Crippen molar-refractivity contribution in [1.82, 2.24) is 0 Å². The van der Waals surface area contributed by atoms with Gasteiger partial charge in [-0.3, -0.25) is 4.79 Å². The molecule has 1 aliphatic heterocycles. The molecule has 0 amide bonds. The lowest BCUT2D eigenvalue weighted by Crippen LogP contribution is -2.59. The second-order valence-electron chi connectivity index (χ2n) is 11.3. The van der Waals surface area contributed by atoms with E-state index in [1.807, 2.05) is 6.07 Å². The van der Waals surface area contributed by atoms with E-state index in [1.165, 1.54) is 19.3 Å². The normalized spacial score (nSPS) is 48.6. The van der Waals surface area contributed by atoms with Crippen LogP contribution in [0, 0.1) is 28.6 Å². The molecular formula is C26H32O6. The van der Waals surface area contributed by atoms with E-state index in [-0.39, 0.29) is 46.2 Å². The van der Waals surface area contributed by atoms with Crippen molar-refractivity contribution in [2.24, 2.45) is 28.6 Å². The van der Waals surface area contributed by atoms with Gasteiger partial charge in [-0.05, 0) is 86.7 Å². The number of ether oxygens (including phenoxy) is 2.